The molecule has 7 heteroatoms. The van der Waals surface area contributed by atoms with E-state index in [1.165, 1.54) is 4.68 Å². The van der Waals surface area contributed by atoms with Crippen LogP contribution in [0.15, 0.2) is 24.3 Å². The average Bonchev–Trinajstić information content (AvgIpc) is 2.89. The minimum absolute atomic E-state index is 0.0645. The first-order valence-corrected chi connectivity index (χ1v) is 6.53. The van der Waals surface area contributed by atoms with Crippen LogP contribution >= 0.6 is 0 Å². The highest BCUT2D eigenvalue weighted by Crippen LogP contribution is 2.19. The Hall–Kier alpha value is -2.59. The smallest absolute Gasteiger partial charge is 0.132 e. The van der Waals surface area contributed by atoms with Gasteiger partial charge in [-0.05, 0) is 31.2 Å². The number of benzene rings is 1. The van der Waals surface area contributed by atoms with Crippen molar-refractivity contribution in [3.8, 4) is 17.6 Å². The quantitative estimate of drug-likeness (QED) is 0.824. The molecule has 7 nitrogen and oxygen atoms in total. The van der Waals surface area contributed by atoms with Gasteiger partial charge in [-0.1, -0.05) is 5.21 Å². The molecule has 0 aliphatic rings. The molecular formula is C14H16N4O3. The summed E-state index contributed by atoms with van der Waals surface area (Å²) in [6.45, 7) is 2.53. The molecule has 0 aliphatic heterocycles. The van der Waals surface area contributed by atoms with E-state index in [0.29, 0.717) is 23.7 Å². The third-order valence-electron chi connectivity index (χ3n) is 2.80. The van der Waals surface area contributed by atoms with E-state index in [2.05, 4.69) is 10.3 Å². The molecule has 0 unspecified atom stereocenters. The van der Waals surface area contributed by atoms with Gasteiger partial charge in [0.15, 0.2) is 0 Å². The Morgan fingerprint density at radius 3 is 2.48 bits per heavy atom. The Labute approximate surface area is 122 Å². The van der Waals surface area contributed by atoms with E-state index in [1.807, 2.05) is 25.1 Å². The molecule has 1 aromatic carbocycles. The lowest BCUT2D eigenvalue weighted by molar-refractivity contribution is 0.262. The number of aliphatic hydroxyl groups is 1. The van der Waals surface area contributed by atoms with Crippen LogP contribution in [0.5, 0.6) is 11.5 Å². The standard InChI is InChI=1S/C14H16N4O3/c1-2-20-11-3-5-12(6-4-11)21-10-14-13(9-19)16-17-18(14)8-7-15/h3-6,19H,2,8-10H2,1H3. The van der Waals surface area contributed by atoms with Crippen molar-refractivity contribution in [1.82, 2.24) is 15.0 Å². The summed E-state index contributed by atoms with van der Waals surface area (Å²) in [5.41, 5.74) is 1.00. The summed E-state index contributed by atoms with van der Waals surface area (Å²) < 4.78 is 12.4. The van der Waals surface area contributed by atoms with E-state index >= 15 is 0 Å². The van der Waals surface area contributed by atoms with E-state index in [0.717, 1.165) is 5.75 Å². The van der Waals surface area contributed by atoms with Crippen LogP contribution in [-0.4, -0.2) is 26.7 Å². The monoisotopic (exact) mass is 288 g/mol. The van der Waals surface area contributed by atoms with Crippen molar-refractivity contribution in [1.29, 1.82) is 5.26 Å². The number of hydrogen-bond donors (Lipinski definition) is 1. The van der Waals surface area contributed by atoms with Gasteiger partial charge in [0.05, 0.1) is 19.3 Å². The Balaban J connectivity index is 2.05. The van der Waals surface area contributed by atoms with Crippen LogP contribution in [0.1, 0.15) is 18.3 Å². The normalized spacial score (nSPS) is 10.1. The van der Waals surface area contributed by atoms with Crippen molar-refractivity contribution in [2.24, 2.45) is 0 Å². The van der Waals surface area contributed by atoms with Gasteiger partial charge in [-0.3, -0.25) is 0 Å². The van der Waals surface area contributed by atoms with Crippen LogP contribution in [-0.2, 0) is 19.8 Å². The van der Waals surface area contributed by atoms with Crippen molar-refractivity contribution >= 4 is 0 Å². The first kappa shape index (κ1) is 14.8. The highest BCUT2D eigenvalue weighted by Gasteiger charge is 2.12. The second-order valence-electron chi connectivity index (χ2n) is 4.15. The number of nitriles is 1. The van der Waals surface area contributed by atoms with E-state index in [9.17, 15) is 5.11 Å². The van der Waals surface area contributed by atoms with Gasteiger partial charge in [0.1, 0.15) is 36.0 Å². The fourth-order valence-corrected chi connectivity index (χ4v) is 1.79. The Kier molecular flexibility index (Phi) is 5.12. The third-order valence-corrected chi connectivity index (χ3v) is 2.80. The van der Waals surface area contributed by atoms with E-state index in [1.54, 1.807) is 12.1 Å². The Morgan fingerprint density at radius 1 is 1.24 bits per heavy atom. The molecule has 0 radical (unpaired) electrons. The molecule has 0 bridgehead atoms. The number of ether oxygens (including phenoxy) is 2. The number of aromatic nitrogens is 3. The van der Waals surface area contributed by atoms with Gasteiger partial charge in [-0.2, -0.15) is 5.26 Å². The molecule has 1 aromatic heterocycles. The molecule has 0 amide bonds. The molecule has 1 heterocycles. The van der Waals surface area contributed by atoms with E-state index < -0.39 is 0 Å². The Morgan fingerprint density at radius 2 is 1.90 bits per heavy atom. The molecule has 110 valence electrons. The number of aliphatic hydroxyl groups excluding tert-OH is 1. The number of nitrogens with zero attached hydrogens (tertiary/aromatic N) is 4. The van der Waals surface area contributed by atoms with Crippen LogP contribution in [0.25, 0.3) is 0 Å². The molecule has 0 spiro atoms. The molecular weight excluding hydrogens is 272 g/mol. The highest BCUT2D eigenvalue weighted by molar-refractivity contribution is 5.31. The molecule has 0 saturated heterocycles. The van der Waals surface area contributed by atoms with E-state index in [-0.39, 0.29) is 19.8 Å². The van der Waals surface area contributed by atoms with Crippen molar-refractivity contribution in [2.75, 3.05) is 6.61 Å². The lowest BCUT2D eigenvalue weighted by Crippen LogP contribution is -2.08. The van der Waals surface area contributed by atoms with Crippen molar-refractivity contribution in [3.05, 3.63) is 35.7 Å². The molecule has 2 rings (SSSR count). The van der Waals surface area contributed by atoms with Gasteiger partial charge >= 0.3 is 0 Å². The van der Waals surface area contributed by atoms with Crippen molar-refractivity contribution in [2.45, 2.75) is 26.7 Å². The Bertz CT molecular complexity index is 616. The first-order valence-electron chi connectivity index (χ1n) is 6.53. The van der Waals surface area contributed by atoms with Crippen LogP contribution in [0.3, 0.4) is 0 Å². The predicted molar refractivity (Wildman–Crippen MR) is 73.5 cm³/mol. The van der Waals surface area contributed by atoms with Gasteiger partial charge in [-0.25, -0.2) is 4.68 Å². The topological polar surface area (TPSA) is 93.2 Å². The van der Waals surface area contributed by atoms with Crippen LogP contribution in [0.2, 0.25) is 0 Å². The summed E-state index contributed by atoms with van der Waals surface area (Å²) >= 11 is 0. The van der Waals surface area contributed by atoms with Crippen LogP contribution in [0, 0.1) is 11.3 Å². The zero-order chi connectivity index (χ0) is 15.1. The predicted octanol–water partition coefficient (Wildman–Crippen LogP) is 1.27. The molecule has 0 aliphatic carbocycles. The minimum Gasteiger partial charge on any atom is -0.494 e. The zero-order valence-corrected chi connectivity index (χ0v) is 11.7. The summed E-state index contributed by atoms with van der Waals surface area (Å²) in [7, 11) is 0. The maximum Gasteiger partial charge on any atom is 0.132 e. The molecule has 21 heavy (non-hydrogen) atoms. The molecule has 0 saturated carbocycles. The van der Waals surface area contributed by atoms with E-state index in [4.69, 9.17) is 14.7 Å². The average molecular weight is 288 g/mol. The molecule has 0 atom stereocenters. The van der Waals surface area contributed by atoms with Gasteiger partial charge in [0, 0.05) is 0 Å². The lowest BCUT2D eigenvalue weighted by atomic mass is 10.3. The SMILES string of the molecule is CCOc1ccc(OCc2c(CO)nnn2CC#N)cc1. The summed E-state index contributed by atoms with van der Waals surface area (Å²) in [5.74, 6) is 1.43. The largest absolute Gasteiger partial charge is 0.494 e. The molecule has 1 N–H and O–H groups in total. The fourth-order valence-electron chi connectivity index (χ4n) is 1.79. The lowest BCUT2D eigenvalue weighted by Gasteiger charge is -2.09. The highest BCUT2D eigenvalue weighted by atomic mass is 16.5. The maximum atomic E-state index is 9.22. The number of rotatable bonds is 7. The van der Waals surface area contributed by atoms with Gasteiger partial charge in [0.25, 0.3) is 0 Å². The zero-order valence-electron chi connectivity index (χ0n) is 11.7. The summed E-state index contributed by atoms with van der Waals surface area (Å²) in [6.07, 6.45) is 0. The minimum atomic E-state index is -0.243. The molecule has 2 aromatic rings. The van der Waals surface area contributed by atoms with Crippen LogP contribution < -0.4 is 9.47 Å². The summed E-state index contributed by atoms with van der Waals surface area (Å²) in [5, 5.41) is 25.6. The summed E-state index contributed by atoms with van der Waals surface area (Å²) in [6, 6.07) is 9.21. The maximum absolute atomic E-state index is 9.22. The van der Waals surface area contributed by atoms with Crippen LogP contribution in [0.4, 0.5) is 0 Å². The third kappa shape index (κ3) is 3.70. The fraction of sp³-hybridized carbons (Fsp3) is 0.357. The number of hydrogen-bond acceptors (Lipinski definition) is 6. The molecule has 0 fully saturated rings. The van der Waals surface area contributed by atoms with Gasteiger partial charge in [0.2, 0.25) is 0 Å². The second-order valence-corrected chi connectivity index (χ2v) is 4.15. The van der Waals surface area contributed by atoms with Crippen molar-refractivity contribution in [3.63, 3.8) is 0 Å². The van der Waals surface area contributed by atoms with Gasteiger partial charge in [-0.15, -0.1) is 5.10 Å². The second kappa shape index (κ2) is 7.26. The first-order chi connectivity index (χ1) is 10.3. The summed E-state index contributed by atoms with van der Waals surface area (Å²) in [4.78, 5) is 0. The van der Waals surface area contributed by atoms with Gasteiger partial charge < -0.3 is 14.6 Å². The van der Waals surface area contributed by atoms with Crippen molar-refractivity contribution < 1.29 is 14.6 Å².